The Labute approximate surface area is 143 Å². The average Bonchev–Trinajstić information content (AvgIpc) is 3.14. The number of rotatable bonds is 6. The Balaban J connectivity index is 1.79. The first-order valence-electron chi connectivity index (χ1n) is 7.33. The number of imide groups is 1. The van der Waals surface area contributed by atoms with E-state index in [1.54, 1.807) is 18.2 Å². The van der Waals surface area contributed by atoms with Crippen LogP contribution in [0.4, 0.5) is 0 Å². The van der Waals surface area contributed by atoms with Crippen molar-refractivity contribution >= 4 is 33.2 Å². The van der Waals surface area contributed by atoms with E-state index in [0.29, 0.717) is 17.8 Å². The average molecular weight is 365 g/mol. The number of nitrogens with one attached hydrogen (secondary N) is 1. The van der Waals surface area contributed by atoms with Crippen molar-refractivity contribution in [2.24, 2.45) is 0 Å². The van der Waals surface area contributed by atoms with Crippen LogP contribution in [0.3, 0.4) is 0 Å². The number of carbonyl (C=O) groups is 2. The number of amides is 2. The Morgan fingerprint density at radius 2 is 2.00 bits per heavy atom. The third-order valence-electron chi connectivity index (χ3n) is 3.49. The summed E-state index contributed by atoms with van der Waals surface area (Å²) in [6.07, 6.45) is 2.15. The van der Waals surface area contributed by atoms with E-state index < -0.39 is 21.8 Å². The summed E-state index contributed by atoms with van der Waals surface area (Å²) in [5, 5.41) is 0. The summed E-state index contributed by atoms with van der Waals surface area (Å²) in [5.74, 6) is -0.873. The Kier molecular flexibility index (Phi) is 4.48. The summed E-state index contributed by atoms with van der Waals surface area (Å²) in [6.45, 7) is 2.26. The van der Waals surface area contributed by atoms with Gasteiger partial charge in [-0.1, -0.05) is 6.92 Å². The van der Waals surface area contributed by atoms with Crippen molar-refractivity contribution in [3.05, 3.63) is 46.6 Å². The van der Waals surface area contributed by atoms with Crippen LogP contribution in [0.25, 0.3) is 0 Å². The molecule has 0 atom stereocenters. The SMILES string of the molecule is CCCNS(=O)(=O)c1ccc(CN2C(=O)c3cccnc3C2=O)s1. The van der Waals surface area contributed by atoms with Gasteiger partial charge in [0.25, 0.3) is 11.8 Å². The van der Waals surface area contributed by atoms with Crippen molar-refractivity contribution in [1.29, 1.82) is 0 Å². The zero-order chi connectivity index (χ0) is 17.3. The third-order valence-corrected chi connectivity index (χ3v) is 6.51. The van der Waals surface area contributed by atoms with Crippen LogP contribution in [0.15, 0.2) is 34.7 Å². The lowest BCUT2D eigenvalue weighted by atomic mass is 10.2. The first kappa shape index (κ1) is 16.7. The highest BCUT2D eigenvalue weighted by molar-refractivity contribution is 7.91. The minimum Gasteiger partial charge on any atom is -0.268 e. The molecule has 0 spiro atoms. The molecule has 3 heterocycles. The van der Waals surface area contributed by atoms with Crippen LogP contribution in [-0.2, 0) is 16.6 Å². The highest BCUT2D eigenvalue weighted by atomic mass is 32.2. The van der Waals surface area contributed by atoms with Gasteiger partial charge in [0.2, 0.25) is 10.0 Å². The molecule has 24 heavy (non-hydrogen) atoms. The molecule has 0 aliphatic carbocycles. The number of thiophene rings is 1. The molecule has 7 nitrogen and oxygen atoms in total. The summed E-state index contributed by atoms with van der Waals surface area (Å²) in [5.41, 5.74) is 0.410. The molecule has 0 saturated heterocycles. The topological polar surface area (TPSA) is 96.4 Å². The molecule has 2 aromatic rings. The van der Waals surface area contributed by atoms with Gasteiger partial charge in [0.15, 0.2) is 0 Å². The normalized spacial score (nSPS) is 14.3. The predicted molar refractivity (Wildman–Crippen MR) is 88.2 cm³/mol. The monoisotopic (exact) mass is 365 g/mol. The van der Waals surface area contributed by atoms with Gasteiger partial charge in [0.1, 0.15) is 9.90 Å². The van der Waals surface area contributed by atoms with Gasteiger partial charge in [-0.05, 0) is 30.7 Å². The molecule has 0 aromatic carbocycles. The van der Waals surface area contributed by atoms with Crippen molar-refractivity contribution in [2.45, 2.75) is 24.1 Å². The maximum absolute atomic E-state index is 12.3. The van der Waals surface area contributed by atoms with Crippen LogP contribution < -0.4 is 4.72 Å². The standard InChI is InChI=1S/C15H15N3O4S2/c1-2-7-17-24(21,22)12-6-5-10(23-12)9-18-14(19)11-4-3-8-16-13(11)15(18)20/h3-6,8,17H,2,7,9H2,1H3. The van der Waals surface area contributed by atoms with Crippen LogP contribution >= 0.6 is 11.3 Å². The third kappa shape index (κ3) is 2.97. The number of carbonyl (C=O) groups excluding carboxylic acids is 2. The smallest absolute Gasteiger partial charge is 0.268 e. The van der Waals surface area contributed by atoms with Gasteiger partial charge < -0.3 is 0 Å². The zero-order valence-corrected chi connectivity index (χ0v) is 14.5. The maximum atomic E-state index is 12.3. The van der Waals surface area contributed by atoms with Gasteiger partial charge in [-0.3, -0.25) is 19.5 Å². The van der Waals surface area contributed by atoms with Gasteiger partial charge in [-0.2, -0.15) is 0 Å². The molecule has 1 aliphatic heterocycles. The molecule has 0 radical (unpaired) electrons. The summed E-state index contributed by atoms with van der Waals surface area (Å²) in [6, 6.07) is 6.25. The van der Waals surface area contributed by atoms with Crippen molar-refractivity contribution in [3.63, 3.8) is 0 Å². The van der Waals surface area contributed by atoms with E-state index in [4.69, 9.17) is 0 Å². The van der Waals surface area contributed by atoms with E-state index in [0.717, 1.165) is 16.2 Å². The van der Waals surface area contributed by atoms with E-state index >= 15 is 0 Å². The summed E-state index contributed by atoms with van der Waals surface area (Å²) < 4.78 is 26.8. The molecular formula is C15H15N3O4S2. The van der Waals surface area contributed by atoms with Crippen LogP contribution in [0.2, 0.25) is 0 Å². The quantitative estimate of drug-likeness (QED) is 0.785. The van der Waals surface area contributed by atoms with Gasteiger partial charge in [-0.15, -0.1) is 11.3 Å². The van der Waals surface area contributed by atoms with Crippen molar-refractivity contribution in [2.75, 3.05) is 6.54 Å². The fourth-order valence-electron chi connectivity index (χ4n) is 2.31. The van der Waals surface area contributed by atoms with Crippen LogP contribution in [-0.4, -0.2) is 36.7 Å². The van der Waals surface area contributed by atoms with E-state index in [1.165, 1.54) is 12.3 Å². The molecule has 1 N–H and O–H groups in total. The molecule has 0 saturated carbocycles. The Morgan fingerprint density at radius 3 is 2.71 bits per heavy atom. The largest absolute Gasteiger partial charge is 0.280 e. The summed E-state index contributed by atoms with van der Waals surface area (Å²) in [4.78, 5) is 30.2. The highest BCUT2D eigenvalue weighted by Gasteiger charge is 2.36. The van der Waals surface area contributed by atoms with Crippen molar-refractivity contribution in [3.8, 4) is 0 Å². The molecule has 2 amide bonds. The Hall–Kier alpha value is -2.10. The van der Waals surface area contributed by atoms with E-state index in [9.17, 15) is 18.0 Å². The highest BCUT2D eigenvalue weighted by Crippen LogP contribution is 2.27. The molecule has 0 unspecified atom stereocenters. The molecule has 126 valence electrons. The lowest BCUT2D eigenvalue weighted by Crippen LogP contribution is -2.28. The van der Waals surface area contributed by atoms with E-state index in [-0.39, 0.29) is 22.0 Å². The van der Waals surface area contributed by atoms with Gasteiger partial charge in [0, 0.05) is 17.6 Å². The van der Waals surface area contributed by atoms with Crippen LogP contribution in [0.1, 0.15) is 39.1 Å². The number of fused-ring (bicyclic) bond motifs is 1. The van der Waals surface area contributed by atoms with Crippen molar-refractivity contribution in [1.82, 2.24) is 14.6 Å². The predicted octanol–water partition coefficient (Wildman–Crippen LogP) is 1.63. The second-order valence-electron chi connectivity index (χ2n) is 5.21. The number of nitrogens with zero attached hydrogens (tertiary/aromatic N) is 2. The number of sulfonamides is 1. The lowest BCUT2D eigenvalue weighted by molar-refractivity contribution is 0.0642. The Bertz CT molecular complexity index is 870. The maximum Gasteiger partial charge on any atom is 0.280 e. The van der Waals surface area contributed by atoms with Crippen molar-refractivity contribution < 1.29 is 18.0 Å². The lowest BCUT2D eigenvalue weighted by Gasteiger charge is -2.11. The molecule has 3 rings (SSSR count). The molecule has 0 fully saturated rings. The molecule has 9 heteroatoms. The Morgan fingerprint density at radius 1 is 1.21 bits per heavy atom. The summed E-state index contributed by atoms with van der Waals surface area (Å²) in [7, 11) is -3.55. The fraction of sp³-hybridized carbons (Fsp3) is 0.267. The number of hydrogen-bond acceptors (Lipinski definition) is 6. The molecule has 0 bridgehead atoms. The zero-order valence-electron chi connectivity index (χ0n) is 12.9. The fourth-order valence-corrected chi connectivity index (χ4v) is 4.83. The van der Waals surface area contributed by atoms with E-state index in [1.807, 2.05) is 6.92 Å². The van der Waals surface area contributed by atoms with Crippen LogP contribution in [0.5, 0.6) is 0 Å². The van der Waals surface area contributed by atoms with E-state index in [2.05, 4.69) is 9.71 Å². The second kappa shape index (κ2) is 6.42. The first-order valence-corrected chi connectivity index (χ1v) is 9.63. The number of aromatic nitrogens is 1. The van der Waals surface area contributed by atoms with Gasteiger partial charge >= 0.3 is 0 Å². The van der Waals surface area contributed by atoms with Gasteiger partial charge in [-0.25, -0.2) is 13.1 Å². The van der Waals surface area contributed by atoms with Gasteiger partial charge in [0.05, 0.1) is 12.1 Å². The molecule has 1 aliphatic rings. The number of hydrogen-bond donors (Lipinski definition) is 1. The van der Waals surface area contributed by atoms with Crippen LogP contribution in [0, 0.1) is 0 Å². The summed E-state index contributed by atoms with van der Waals surface area (Å²) >= 11 is 1.04. The minimum atomic E-state index is -3.55. The molecule has 2 aromatic heterocycles. The first-order chi connectivity index (χ1) is 11.4. The minimum absolute atomic E-state index is 0.0298. The molecular weight excluding hydrogens is 350 g/mol. The number of pyridine rings is 1. The second-order valence-corrected chi connectivity index (χ2v) is 8.38.